The second-order valence-electron chi connectivity index (χ2n) is 4.47. The largest absolute Gasteiger partial charge is 0.380 e. The fraction of sp³-hybridized carbons (Fsp3) is 0.286. The normalized spacial score (nSPS) is 14.8. The zero-order valence-corrected chi connectivity index (χ0v) is 10.4. The topological polar surface area (TPSA) is 54.4 Å². The van der Waals surface area contributed by atoms with Gasteiger partial charge < -0.3 is 9.72 Å². The van der Waals surface area contributed by atoms with Crippen LogP contribution >= 0.6 is 0 Å². The van der Waals surface area contributed by atoms with E-state index in [0.29, 0.717) is 12.3 Å². The highest BCUT2D eigenvalue weighted by Gasteiger charge is 2.24. The predicted molar refractivity (Wildman–Crippen MR) is 70.4 cm³/mol. The van der Waals surface area contributed by atoms with Crippen LogP contribution in [0.2, 0.25) is 0 Å². The number of rotatable bonds is 2. The van der Waals surface area contributed by atoms with Crippen LogP contribution in [0.4, 0.5) is 0 Å². The maximum Gasteiger partial charge on any atom is 0.201 e. The number of aromatic amines is 1. The van der Waals surface area contributed by atoms with E-state index in [4.69, 9.17) is 4.74 Å². The first-order valence-corrected chi connectivity index (χ1v) is 5.89. The Morgan fingerprint density at radius 2 is 2.28 bits per heavy atom. The van der Waals surface area contributed by atoms with Gasteiger partial charge in [-0.2, -0.15) is 0 Å². The maximum absolute atomic E-state index is 11.9. The zero-order valence-electron chi connectivity index (χ0n) is 10.4. The summed E-state index contributed by atoms with van der Waals surface area (Å²) >= 11 is 0. The van der Waals surface area contributed by atoms with Gasteiger partial charge in [0.1, 0.15) is 6.54 Å². The van der Waals surface area contributed by atoms with E-state index < -0.39 is 0 Å². The molecule has 18 heavy (non-hydrogen) atoms. The Bertz CT molecular complexity index is 668. The zero-order chi connectivity index (χ0) is 12.7. The highest BCUT2D eigenvalue weighted by molar-refractivity contribution is 6.21. The number of ether oxygens (including phenoxy) is 1. The van der Waals surface area contributed by atoms with Crippen molar-refractivity contribution in [3.8, 4) is 0 Å². The third-order valence-electron chi connectivity index (χ3n) is 3.31. The van der Waals surface area contributed by atoms with Crippen LogP contribution in [0.25, 0.3) is 10.9 Å². The Kier molecular flexibility index (Phi) is 2.52. The first-order valence-electron chi connectivity index (χ1n) is 5.89. The number of hydrogen-bond donors (Lipinski definition) is 1. The summed E-state index contributed by atoms with van der Waals surface area (Å²) in [7, 11) is 1.67. The molecular weight excluding hydrogens is 228 g/mol. The van der Waals surface area contributed by atoms with Crippen LogP contribution in [0.3, 0.4) is 0 Å². The van der Waals surface area contributed by atoms with Gasteiger partial charge in [0, 0.05) is 29.3 Å². The quantitative estimate of drug-likeness (QED) is 0.878. The Morgan fingerprint density at radius 1 is 1.44 bits per heavy atom. The molecule has 0 aliphatic carbocycles. The average molecular weight is 242 g/mol. The van der Waals surface area contributed by atoms with E-state index in [1.807, 2.05) is 25.1 Å². The number of hydrogen-bond acceptors (Lipinski definition) is 3. The fourth-order valence-electron chi connectivity index (χ4n) is 2.52. The first-order chi connectivity index (χ1) is 8.72. The standard InChI is InChI=1S/C14H14N2O2/c1-8-12-13-9(7-18-2)4-3-5-10(13)16-14(12)11(17)6-15-8/h3-5,16H,6-7H2,1-2H3. The van der Waals surface area contributed by atoms with Crippen LogP contribution in [0, 0.1) is 0 Å². The number of methoxy groups -OCH3 is 1. The van der Waals surface area contributed by atoms with Crippen molar-refractivity contribution in [2.24, 2.45) is 4.99 Å². The number of Topliss-reactive ketones (excluding diaryl/α,β-unsaturated/α-hetero) is 1. The lowest BCUT2D eigenvalue weighted by Crippen LogP contribution is -2.16. The molecule has 3 rings (SSSR count). The number of carbonyl (C=O) groups is 1. The summed E-state index contributed by atoms with van der Waals surface area (Å²) in [5.74, 6) is 0.0511. The van der Waals surface area contributed by atoms with Crippen LogP contribution in [0.5, 0.6) is 0 Å². The van der Waals surface area contributed by atoms with Gasteiger partial charge in [-0.25, -0.2) is 0 Å². The van der Waals surface area contributed by atoms with E-state index in [0.717, 1.165) is 27.7 Å². The predicted octanol–water partition coefficient (Wildman–Crippen LogP) is 2.32. The first kappa shape index (κ1) is 11.2. The fourth-order valence-corrected chi connectivity index (χ4v) is 2.52. The second kappa shape index (κ2) is 4.07. The number of ketones is 1. The molecule has 92 valence electrons. The lowest BCUT2D eigenvalue weighted by Gasteiger charge is -2.10. The number of H-pyrrole nitrogens is 1. The van der Waals surface area contributed by atoms with Crippen LogP contribution in [0.15, 0.2) is 23.2 Å². The van der Waals surface area contributed by atoms with Gasteiger partial charge in [0.2, 0.25) is 5.78 Å². The Hall–Kier alpha value is -1.94. The summed E-state index contributed by atoms with van der Waals surface area (Å²) in [4.78, 5) is 19.4. The van der Waals surface area contributed by atoms with E-state index in [-0.39, 0.29) is 12.3 Å². The molecule has 1 aliphatic heterocycles. The minimum Gasteiger partial charge on any atom is -0.380 e. The smallest absolute Gasteiger partial charge is 0.201 e. The van der Waals surface area contributed by atoms with Crippen LogP contribution in [-0.2, 0) is 11.3 Å². The SMILES string of the molecule is COCc1cccc2[nH]c3c(c12)C(C)=NCC3=O. The van der Waals surface area contributed by atoms with Gasteiger partial charge in [-0.1, -0.05) is 12.1 Å². The Morgan fingerprint density at radius 3 is 3.06 bits per heavy atom. The molecule has 0 fully saturated rings. The van der Waals surface area contributed by atoms with E-state index >= 15 is 0 Å². The van der Waals surface area contributed by atoms with E-state index in [1.165, 1.54) is 0 Å². The maximum atomic E-state index is 11.9. The number of nitrogens with one attached hydrogen (secondary N) is 1. The number of carbonyl (C=O) groups excluding carboxylic acids is 1. The van der Waals surface area contributed by atoms with Gasteiger partial charge in [-0.15, -0.1) is 0 Å². The number of aromatic nitrogens is 1. The van der Waals surface area contributed by atoms with Crippen molar-refractivity contribution in [3.63, 3.8) is 0 Å². The van der Waals surface area contributed by atoms with Crippen molar-refractivity contribution in [3.05, 3.63) is 35.0 Å². The molecule has 2 heterocycles. The van der Waals surface area contributed by atoms with E-state index in [1.54, 1.807) is 7.11 Å². The second-order valence-corrected chi connectivity index (χ2v) is 4.47. The van der Waals surface area contributed by atoms with Gasteiger partial charge >= 0.3 is 0 Å². The average Bonchev–Trinajstić information content (AvgIpc) is 2.76. The van der Waals surface area contributed by atoms with Gasteiger partial charge in [0.25, 0.3) is 0 Å². The van der Waals surface area contributed by atoms with Gasteiger partial charge in [0.15, 0.2) is 0 Å². The van der Waals surface area contributed by atoms with Crippen molar-refractivity contribution < 1.29 is 9.53 Å². The summed E-state index contributed by atoms with van der Waals surface area (Å²) in [5, 5.41) is 1.06. The molecule has 1 aromatic carbocycles. The van der Waals surface area contributed by atoms with Gasteiger partial charge in [-0.3, -0.25) is 9.79 Å². The molecule has 4 heteroatoms. The molecule has 4 nitrogen and oxygen atoms in total. The van der Waals surface area contributed by atoms with Crippen molar-refractivity contribution in [2.75, 3.05) is 13.7 Å². The highest BCUT2D eigenvalue weighted by atomic mass is 16.5. The van der Waals surface area contributed by atoms with Gasteiger partial charge in [-0.05, 0) is 18.6 Å². The monoisotopic (exact) mass is 242 g/mol. The summed E-state index contributed by atoms with van der Waals surface area (Å²) in [6.45, 7) is 2.72. The van der Waals surface area contributed by atoms with Crippen LogP contribution in [0.1, 0.15) is 28.5 Å². The number of fused-ring (bicyclic) bond motifs is 3. The van der Waals surface area contributed by atoms with Gasteiger partial charge in [0.05, 0.1) is 12.3 Å². The molecule has 1 N–H and O–H groups in total. The Labute approximate surface area is 105 Å². The lowest BCUT2D eigenvalue weighted by atomic mass is 9.99. The third kappa shape index (κ3) is 1.49. The number of benzene rings is 1. The number of nitrogens with zero attached hydrogens (tertiary/aromatic N) is 1. The molecule has 0 saturated carbocycles. The molecular formula is C14H14N2O2. The highest BCUT2D eigenvalue weighted by Crippen LogP contribution is 2.29. The molecule has 0 spiro atoms. The molecule has 0 unspecified atom stereocenters. The van der Waals surface area contributed by atoms with Crippen LogP contribution < -0.4 is 0 Å². The van der Waals surface area contributed by atoms with Crippen molar-refractivity contribution in [1.29, 1.82) is 0 Å². The molecule has 0 atom stereocenters. The van der Waals surface area contributed by atoms with E-state index in [2.05, 4.69) is 9.98 Å². The molecule has 0 radical (unpaired) electrons. The summed E-state index contributed by atoms with van der Waals surface area (Å²) in [5.41, 5.74) is 4.59. The molecule has 1 aromatic heterocycles. The molecule has 0 bridgehead atoms. The van der Waals surface area contributed by atoms with Crippen molar-refractivity contribution >= 4 is 22.4 Å². The van der Waals surface area contributed by atoms with Crippen LogP contribution in [-0.4, -0.2) is 30.1 Å². The summed E-state index contributed by atoms with van der Waals surface area (Å²) in [6.07, 6.45) is 0. The minimum atomic E-state index is 0.0511. The minimum absolute atomic E-state index is 0.0511. The summed E-state index contributed by atoms with van der Waals surface area (Å²) < 4.78 is 5.22. The number of aliphatic imine (C=N–C) groups is 1. The lowest BCUT2D eigenvalue weighted by molar-refractivity contribution is 0.0996. The Balaban J connectivity index is 2.37. The molecule has 2 aromatic rings. The van der Waals surface area contributed by atoms with E-state index in [9.17, 15) is 4.79 Å². The summed E-state index contributed by atoms with van der Waals surface area (Å²) in [6, 6.07) is 5.97. The van der Waals surface area contributed by atoms with Crippen molar-refractivity contribution in [2.45, 2.75) is 13.5 Å². The third-order valence-corrected chi connectivity index (χ3v) is 3.31. The molecule has 0 amide bonds. The van der Waals surface area contributed by atoms with Crippen molar-refractivity contribution in [1.82, 2.24) is 4.98 Å². The molecule has 1 aliphatic rings. The molecule has 0 saturated heterocycles.